The van der Waals surface area contributed by atoms with Crippen LogP contribution in [0, 0.1) is 0 Å². The summed E-state index contributed by atoms with van der Waals surface area (Å²) in [4.78, 5) is 13.1. The van der Waals surface area contributed by atoms with Crippen LogP contribution in [0.1, 0.15) is 39.5 Å². The zero-order valence-corrected chi connectivity index (χ0v) is 15.7. The van der Waals surface area contributed by atoms with Crippen molar-refractivity contribution in [2.75, 3.05) is 6.54 Å². The van der Waals surface area contributed by atoms with Crippen molar-refractivity contribution in [3.8, 4) is 23.0 Å². The van der Waals surface area contributed by atoms with Crippen LogP contribution in [0.15, 0.2) is 54.6 Å². The Balaban J connectivity index is 1.83. The monoisotopic (exact) mass is 389 g/mol. The minimum atomic E-state index is -1.21. The van der Waals surface area contributed by atoms with E-state index in [1.165, 1.54) is 12.1 Å². The second-order valence-electron chi connectivity index (χ2n) is 7.15. The summed E-state index contributed by atoms with van der Waals surface area (Å²) < 4.78 is 12.1. The van der Waals surface area contributed by atoms with Crippen LogP contribution in [-0.4, -0.2) is 22.7 Å². The lowest BCUT2D eigenvalue weighted by atomic mass is 9.77. The fraction of sp³-hybridized carbons (Fsp3) is 0.174. The van der Waals surface area contributed by atoms with E-state index >= 15 is 0 Å². The first kappa shape index (κ1) is 17.6. The lowest BCUT2D eigenvalue weighted by molar-refractivity contribution is 0.0223. The molecule has 6 nitrogen and oxygen atoms in total. The lowest BCUT2D eigenvalue weighted by Gasteiger charge is -2.36. The van der Waals surface area contributed by atoms with E-state index in [9.17, 15) is 15.0 Å². The number of phenols is 2. The van der Waals surface area contributed by atoms with E-state index in [1.54, 1.807) is 24.3 Å². The highest BCUT2D eigenvalue weighted by atomic mass is 16.6. The fourth-order valence-corrected chi connectivity index (χ4v) is 4.22. The van der Waals surface area contributed by atoms with Crippen LogP contribution in [0.3, 0.4) is 0 Å². The van der Waals surface area contributed by atoms with E-state index in [4.69, 9.17) is 9.47 Å². The number of ether oxygens (including phenoxy) is 2. The van der Waals surface area contributed by atoms with E-state index in [2.05, 4.69) is 5.32 Å². The average Bonchev–Trinajstić information content (AvgIpc) is 3.00. The van der Waals surface area contributed by atoms with Crippen molar-refractivity contribution in [3.63, 3.8) is 0 Å². The fourth-order valence-electron chi connectivity index (χ4n) is 4.22. The molecule has 0 unspecified atom stereocenters. The molecule has 2 aliphatic heterocycles. The van der Waals surface area contributed by atoms with Gasteiger partial charge in [-0.15, -0.1) is 0 Å². The zero-order valence-electron chi connectivity index (χ0n) is 15.7. The molecule has 29 heavy (non-hydrogen) atoms. The number of benzene rings is 3. The molecule has 6 heteroatoms. The van der Waals surface area contributed by atoms with Crippen molar-refractivity contribution in [2.24, 2.45) is 0 Å². The largest absolute Gasteiger partial charge is 0.508 e. The number of hydrogen-bond donors (Lipinski definition) is 3. The Morgan fingerprint density at radius 1 is 0.931 bits per heavy atom. The summed E-state index contributed by atoms with van der Waals surface area (Å²) in [5.74, 6) is 0.413. The van der Waals surface area contributed by atoms with Crippen molar-refractivity contribution in [1.82, 2.24) is 5.32 Å². The van der Waals surface area contributed by atoms with Crippen LogP contribution in [0.2, 0.25) is 0 Å². The van der Waals surface area contributed by atoms with E-state index in [1.807, 2.05) is 25.1 Å². The smallest absolute Gasteiger partial charge is 0.340 e. The second kappa shape index (κ2) is 6.25. The predicted octanol–water partition coefficient (Wildman–Crippen LogP) is 3.78. The standard InChI is InChI=1S/C23H19NO5/c1-2-24-12-13-4-3-5-18-21(13)22(27)29-23(18)16-8-6-14(25)10-19(16)28-20-11-15(26)7-9-17(20)23/h3-11,24-26H,2,12H2,1H3. The number of carbonyl (C=O) groups is 1. The molecular formula is C23H19NO5. The molecule has 0 fully saturated rings. The van der Waals surface area contributed by atoms with Gasteiger partial charge in [-0.1, -0.05) is 25.1 Å². The van der Waals surface area contributed by atoms with Gasteiger partial charge in [0, 0.05) is 35.4 Å². The van der Waals surface area contributed by atoms with Gasteiger partial charge in [0.05, 0.1) is 5.56 Å². The number of phenolic OH excluding ortho intramolecular Hbond substituents is 2. The number of rotatable bonds is 3. The summed E-state index contributed by atoms with van der Waals surface area (Å²) in [6.07, 6.45) is 0. The molecule has 0 aromatic heterocycles. The first-order chi connectivity index (χ1) is 14.0. The van der Waals surface area contributed by atoms with Gasteiger partial charge in [0.25, 0.3) is 0 Å². The predicted molar refractivity (Wildman–Crippen MR) is 105 cm³/mol. The number of fused-ring (bicyclic) bond motifs is 6. The molecule has 3 aromatic carbocycles. The molecule has 146 valence electrons. The van der Waals surface area contributed by atoms with E-state index in [0.29, 0.717) is 34.7 Å². The van der Waals surface area contributed by atoms with Crippen LogP contribution in [-0.2, 0) is 16.9 Å². The Kier molecular flexibility index (Phi) is 3.79. The first-order valence-corrected chi connectivity index (χ1v) is 9.46. The Morgan fingerprint density at radius 3 is 2.21 bits per heavy atom. The molecule has 0 radical (unpaired) electrons. The molecule has 3 N–H and O–H groups in total. The third-order valence-electron chi connectivity index (χ3n) is 5.45. The van der Waals surface area contributed by atoms with Gasteiger partial charge in [0.15, 0.2) is 5.60 Å². The molecular weight excluding hydrogens is 370 g/mol. The molecule has 0 aliphatic carbocycles. The Hall–Kier alpha value is -3.51. The molecule has 0 atom stereocenters. The van der Waals surface area contributed by atoms with Gasteiger partial charge in [0.2, 0.25) is 0 Å². The Morgan fingerprint density at radius 2 is 1.59 bits per heavy atom. The van der Waals surface area contributed by atoms with Gasteiger partial charge in [-0.05, 0) is 36.4 Å². The molecule has 5 rings (SSSR count). The van der Waals surface area contributed by atoms with Gasteiger partial charge < -0.3 is 25.0 Å². The maximum atomic E-state index is 13.1. The third-order valence-corrected chi connectivity index (χ3v) is 5.45. The minimum absolute atomic E-state index is 0.0351. The summed E-state index contributed by atoms with van der Waals surface area (Å²) in [7, 11) is 0. The molecule has 3 aromatic rings. The summed E-state index contributed by atoms with van der Waals surface area (Å²) in [6.45, 7) is 3.33. The Labute approximate surface area is 167 Å². The number of carbonyl (C=O) groups excluding carboxylic acids is 1. The maximum Gasteiger partial charge on any atom is 0.340 e. The summed E-state index contributed by atoms with van der Waals surface area (Å²) in [5.41, 5.74) is 2.16. The summed E-state index contributed by atoms with van der Waals surface area (Å²) in [5, 5.41) is 23.2. The van der Waals surface area contributed by atoms with Crippen molar-refractivity contribution < 1.29 is 24.5 Å². The van der Waals surface area contributed by atoms with Crippen molar-refractivity contribution in [1.29, 1.82) is 0 Å². The SMILES string of the molecule is CCNCc1cccc2c1C(=O)OC21c2ccc(O)cc2Oc2cc(O)ccc21. The van der Waals surface area contributed by atoms with Gasteiger partial charge >= 0.3 is 5.97 Å². The number of esters is 1. The quantitative estimate of drug-likeness (QED) is 0.591. The van der Waals surface area contributed by atoms with Crippen molar-refractivity contribution >= 4 is 5.97 Å². The van der Waals surface area contributed by atoms with Gasteiger partial charge in [-0.2, -0.15) is 0 Å². The molecule has 0 saturated heterocycles. The summed E-state index contributed by atoms with van der Waals surface area (Å²) >= 11 is 0. The third kappa shape index (κ3) is 2.42. The average molecular weight is 389 g/mol. The van der Waals surface area contributed by atoms with Crippen LogP contribution in [0.25, 0.3) is 0 Å². The topological polar surface area (TPSA) is 88.0 Å². The van der Waals surface area contributed by atoms with E-state index in [0.717, 1.165) is 17.7 Å². The van der Waals surface area contributed by atoms with Gasteiger partial charge in [0.1, 0.15) is 23.0 Å². The lowest BCUT2D eigenvalue weighted by Crippen LogP contribution is -2.32. The Bertz CT molecular complexity index is 1100. The number of hydrogen-bond acceptors (Lipinski definition) is 6. The maximum absolute atomic E-state index is 13.1. The second-order valence-corrected chi connectivity index (χ2v) is 7.15. The van der Waals surface area contributed by atoms with Crippen LogP contribution >= 0.6 is 0 Å². The molecule has 2 heterocycles. The van der Waals surface area contributed by atoms with Crippen LogP contribution < -0.4 is 10.1 Å². The highest BCUT2D eigenvalue weighted by Gasteiger charge is 2.54. The zero-order chi connectivity index (χ0) is 20.2. The molecule has 0 amide bonds. The van der Waals surface area contributed by atoms with Gasteiger partial charge in [-0.3, -0.25) is 0 Å². The van der Waals surface area contributed by atoms with Gasteiger partial charge in [-0.25, -0.2) is 4.79 Å². The molecule has 0 saturated carbocycles. The highest BCUT2D eigenvalue weighted by molar-refractivity contribution is 5.98. The van der Waals surface area contributed by atoms with Crippen molar-refractivity contribution in [2.45, 2.75) is 19.1 Å². The van der Waals surface area contributed by atoms with E-state index in [-0.39, 0.29) is 11.5 Å². The van der Waals surface area contributed by atoms with Crippen LogP contribution in [0.5, 0.6) is 23.0 Å². The first-order valence-electron chi connectivity index (χ1n) is 9.46. The van der Waals surface area contributed by atoms with Crippen molar-refractivity contribution in [3.05, 3.63) is 82.4 Å². The van der Waals surface area contributed by atoms with Crippen LogP contribution in [0.4, 0.5) is 0 Å². The number of nitrogens with one attached hydrogen (secondary N) is 1. The number of aromatic hydroxyl groups is 2. The van der Waals surface area contributed by atoms with E-state index < -0.39 is 11.6 Å². The molecule has 1 spiro atoms. The normalized spacial score (nSPS) is 15.3. The molecule has 2 aliphatic rings. The minimum Gasteiger partial charge on any atom is -0.508 e. The molecule has 0 bridgehead atoms. The highest BCUT2D eigenvalue weighted by Crippen LogP contribution is 2.57. The summed E-state index contributed by atoms with van der Waals surface area (Å²) in [6, 6.07) is 15.2.